The van der Waals surface area contributed by atoms with E-state index in [1.807, 2.05) is 61.0 Å². The molecule has 2 aromatic carbocycles. The second-order valence-electron chi connectivity index (χ2n) is 12.6. The molecule has 4 rings (SSSR count). The van der Waals surface area contributed by atoms with Gasteiger partial charge < -0.3 is 39.3 Å². The minimum absolute atomic E-state index is 0.161. The molecule has 2 heterocycles. The monoisotopic (exact) mass is 731 g/mol. The number of amides is 1. The number of nitrogens with one attached hydrogen (secondary N) is 2. The normalized spacial score (nSPS) is 11.7. The van der Waals surface area contributed by atoms with Crippen molar-refractivity contribution in [3.05, 3.63) is 84.1 Å². The number of anilines is 1. The lowest BCUT2D eigenvalue weighted by Gasteiger charge is -2.16. The van der Waals surface area contributed by atoms with E-state index in [1.165, 1.54) is 6.33 Å². The molecule has 2 aromatic heterocycles. The number of rotatable bonds is 27. The van der Waals surface area contributed by atoms with Crippen LogP contribution in [0.4, 0.5) is 5.69 Å². The lowest BCUT2D eigenvalue weighted by atomic mass is 10.1. The number of aromatic nitrogens is 5. The highest BCUT2D eigenvalue weighted by molar-refractivity contribution is 5.95. The number of hydrogen-bond acceptors (Lipinski definition) is 11. The van der Waals surface area contributed by atoms with Gasteiger partial charge in [0.2, 0.25) is 0 Å². The zero-order valence-electron chi connectivity index (χ0n) is 30.9. The summed E-state index contributed by atoms with van der Waals surface area (Å²) in [4.78, 5) is 31.8. The highest BCUT2D eigenvalue weighted by atomic mass is 16.5. The number of carbonyl (C=O) groups excluding carboxylic acids is 1. The first-order valence-electron chi connectivity index (χ1n) is 18.4. The van der Waals surface area contributed by atoms with Crippen LogP contribution in [0.15, 0.2) is 67.1 Å². The maximum absolute atomic E-state index is 13.1. The van der Waals surface area contributed by atoms with Gasteiger partial charge in [-0.3, -0.25) is 9.59 Å². The van der Waals surface area contributed by atoms with Crippen molar-refractivity contribution in [3.63, 3.8) is 0 Å². The molecule has 0 fully saturated rings. The highest BCUT2D eigenvalue weighted by Crippen LogP contribution is 2.20. The molecular formula is C39H53N7O7. The number of aliphatic carboxylic acids is 1. The van der Waals surface area contributed by atoms with Gasteiger partial charge in [-0.1, -0.05) is 31.0 Å². The summed E-state index contributed by atoms with van der Waals surface area (Å²) in [5, 5.41) is 23.6. The van der Waals surface area contributed by atoms with Crippen LogP contribution in [-0.4, -0.2) is 88.0 Å². The molecule has 0 bridgehead atoms. The fourth-order valence-electron chi connectivity index (χ4n) is 5.38. The molecular weight excluding hydrogens is 678 g/mol. The molecule has 53 heavy (non-hydrogen) atoms. The zero-order chi connectivity index (χ0) is 37.5. The fourth-order valence-corrected chi connectivity index (χ4v) is 5.38. The van der Waals surface area contributed by atoms with Gasteiger partial charge in [0.25, 0.3) is 5.91 Å². The van der Waals surface area contributed by atoms with E-state index >= 15 is 0 Å². The number of ether oxygens (including phenoxy) is 4. The molecule has 4 aromatic rings. The van der Waals surface area contributed by atoms with Crippen molar-refractivity contribution in [1.82, 2.24) is 30.0 Å². The SMILES string of the molecule is C[C@H](NC(=O)c1cccc(NCc2nnc(-c3ccncn3)n2C)c1)c1ccc(OCCCCCCOCCOCCOCCCCCC(=O)O)cc1. The topological polar surface area (TPSA) is 172 Å². The van der Waals surface area contributed by atoms with Crippen LogP contribution in [0, 0.1) is 0 Å². The Bertz CT molecular complexity index is 1640. The van der Waals surface area contributed by atoms with Crippen molar-refractivity contribution in [1.29, 1.82) is 0 Å². The van der Waals surface area contributed by atoms with Crippen LogP contribution >= 0.6 is 0 Å². The smallest absolute Gasteiger partial charge is 0.303 e. The largest absolute Gasteiger partial charge is 0.494 e. The Balaban J connectivity index is 1.02. The van der Waals surface area contributed by atoms with Crippen LogP contribution in [0.3, 0.4) is 0 Å². The van der Waals surface area contributed by atoms with Crippen LogP contribution in [0.2, 0.25) is 0 Å². The van der Waals surface area contributed by atoms with E-state index in [0.29, 0.717) is 76.3 Å². The van der Waals surface area contributed by atoms with Gasteiger partial charge in [0.1, 0.15) is 17.8 Å². The molecule has 1 amide bonds. The Hall–Kier alpha value is -4.92. The highest BCUT2D eigenvalue weighted by Gasteiger charge is 2.14. The van der Waals surface area contributed by atoms with Crippen LogP contribution in [-0.2, 0) is 32.6 Å². The van der Waals surface area contributed by atoms with E-state index in [-0.39, 0.29) is 18.4 Å². The summed E-state index contributed by atoms with van der Waals surface area (Å²) in [6.07, 6.45) is 9.91. The molecule has 0 aliphatic heterocycles. The van der Waals surface area contributed by atoms with Crippen molar-refractivity contribution >= 4 is 17.6 Å². The third kappa shape index (κ3) is 15.3. The summed E-state index contributed by atoms with van der Waals surface area (Å²) < 4.78 is 24.5. The Morgan fingerprint density at radius 1 is 0.811 bits per heavy atom. The summed E-state index contributed by atoms with van der Waals surface area (Å²) in [5.41, 5.74) is 3.04. The van der Waals surface area contributed by atoms with E-state index in [2.05, 4.69) is 30.8 Å². The van der Waals surface area contributed by atoms with Crippen molar-refractivity contribution in [2.45, 2.75) is 70.9 Å². The first-order chi connectivity index (χ1) is 25.9. The first-order valence-corrected chi connectivity index (χ1v) is 18.4. The molecule has 0 saturated heterocycles. The number of benzene rings is 2. The van der Waals surface area contributed by atoms with Gasteiger partial charge >= 0.3 is 5.97 Å². The average Bonchev–Trinajstić information content (AvgIpc) is 3.55. The van der Waals surface area contributed by atoms with Crippen molar-refractivity contribution in [2.24, 2.45) is 7.05 Å². The van der Waals surface area contributed by atoms with Crippen LogP contribution < -0.4 is 15.4 Å². The number of hydrogen-bond donors (Lipinski definition) is 3. The molecule has 0 aliphatic rings. The number of carboxylic acid groups (broad SMARTS) is 1. The van der Waals surface area contributed by atoms with Gasteiger partial charge in [0, 0.05) is 44.1 Å². The number of carbonyl (C=O) groups is 2. The first kappa shape index (κ1) is 40.8. The summed E-state index contributed by atoms with van der Waals surface area (Å²) in [6, 6.07) is 16.8. The van der Waals surface area contributed by atoms with Gasteiger partial charge in [-0.15, -0.1) is 10.2 Å². The number of nitrogens with zero attached hydrogens (tertiary/aromatic N) is 5. The van der Waals surface area contributed by atoms with Crippen molar-refractivity contribution in [3.8, 4) is 17.3 Å². The second kappa shape index (κ2) is 23.6. The Labute approximate surface area is 311 Å². The van der Waals surface area contributed by atoms with E-state index in [1.54, 1.807) is 18.3 Å². The molecule has 14 heteroatoms. The van der Waals surface area contributed by atoms with Crippen LogP contribution in [0.25, 0.3) is 11.5 Å². The molecule has 0 spiro atoms. The van der Waals surface area contributed by atoms with Gasteiger partial charge in [-0.2, -0.15) is 0 Å². The summed E-state index contributed by atoms with van der Waals surface area (Å²) >= 11 is 0. The molecule has 3 N–H and O–H groups in total. The van der Waals surface area contributed by atoms with E-state index in [4.69, 9.17) is 24.1 Å². The Morgan fingerprint density at radius 2 is 1.49 bits per heavy atom. The maximum atomic E-state index is 13.1. The summed E-state index contributed by atoms with van der Waals surface area (Å²) in [7, 11) is 1.89. The minimum atomic E-state index is -0.746. The maximum Gasteiger partial charge on any atom is 0.303 e. The van der Waals surface area contributed by atoms with Crippen molar-refractivity contribution in [2.75, 3.05) is 51.6 Å². The fraction of sp³-hybridized carbons (Fsp3) is 0.487. The number of carboxylic acids is 1. The molecule has 0 unspecified atom stereocenters. The van der Waals surface area contributed by atoms with Crippen LogP contribution in [0.1, 0.15) is 86.1 Å². The van der Waals surface area contributed by atoms with Crippen LogP contribution in [0.5, 0.6) is 5.75 Å². The Morgan fingerprint density at radius 3 is 2.17 bits per heavy atom. The standard InChI is InChI=1S/C39H53N7O7/c1-30(43-39(49)32-11-10-12-33(27-32)41-28-36-44-45-38(46(36)2)35-18-19-40-29-42-35)31-14-16-34(17-15-31)53-22-9-4-3-7-20-50-23-25-52-26-24-51-21-8-5-6-13-37(47)48/h10-12,14-19,27,29-30,41H,3-9,13,20-26,28H2,1-2H3,(H,43,49)(H,47,48)/t30-/m0/s1. The lowest BCUT2D eigenvalue weighted by Crippen LogP contribution is -2.26. The molecule has 14 nitrogen and oxygen atoms in total. The van der Waals surface area contributed by atoms with Crippen molar-refractivity contribution < 1.29 is 33.6 Å². The third-order valence-electron chi connectivity index (χ3n) is 8.45. The molecule has 286 valence electrons. The van der Waals surface area contributed by atoms with Gasteiger partial charge in [0.05, 0.1) is 45.6 Å². The Kier molecular flexibility index (Phi) is 18.2. The minimum Gasteiger partial charge on any atom is -0.494 e. The molecule has 0 saturated carbocycles. The zero-order valence-corrected chi connectivity index (χ0v) is 30.9. The average molecular weight is 732 g/mol. The van der Waals surface area contributed by atoms with Gasteiger partial charge in [-0.05, 0) is 81.0 Å². The predicted octanol–water partition coefficient (Wildman–Crippen LogP) is 6.01. The van der Waals surface area contributed by atoms with E-state index in [9.17, 15) is 9.59 Å². The van der Waals surface area contributed by atoms with Gasteiger partial charge in [0.15, 0.2) is 11.6 Å². The lowest BCUT2D eigenvalue weighted by molar-refractivity contribution is -0.137. The summed E-state index contributed by atoms with van der Waals surface area (Å²) in [5.74, 6) is 1.28. The summed E-state index contributed by atoms with van der Waals surface area (Å²) in [6.45, 7) is 6.58. The second-order valence-corrected chi connectivity index (χ2v) is 12.6. The quantitative estimate of drug-likeness (QED) is 0.0611. The third-order valence-corrected chi connectivity index (χ3v) is 8.45. The van der Waals surface area contributed by atoms with Gasteiger partial charge in [-0.25, -0.2) is 9.97 Å². The number of unbranched alkanes of at least 4 members (excludes halogenated alkanes) is 5. The predicted molar refractivity (Wildman–Crippen MR) is 201 cm³/mol. The molecule has 0 aliphatic carbocycles. The van der Waals surface area contributed by atoms with E-state index < -0.39 is 5.97 Å². The molecule has 1 atom stereocenters. The molecule has 0 radical (unpaired) electrons. The van der Waals surface area contributed by atoms with E-state index in [0.717, 1.165) is 61.3 Å².